The van der Waals surface area contributed by atoms with Gasteiger partial charge in [0, 0.05) is 25.0 Å². The van der Waals surface area contributed by atoms with Crippen molar-refractivity contribution in [3.63, 3.8) is 0 Å². The zero-order chi connectivity index (χ0) is 11.8. The summed E-state index contributed by atoms with van der Waals surface area (Å²) in [5.74, 6) is 1.16. The van der Waals surface area contributed by atoms with Crippen molar-refractivity contribution in [3.8, 4) is 0 Å². The summed E-state index contributed by atoms with van der Waals surface area (Å²) < 4.78 is 2.10. The van der Waals surface area contributed by atoms with E-state index in [0.29, 0.717) is 6.04 Å². The largest absolute Gasteiger partial charge is 0.310 e. The smallest absolute Gasteiger partial charge is 0.0762 e. The van der Waals surface area contributed by atoms with Gasteiger partial charge in [-0.1, -0.05) is 13.8 Å². The lowest BCUT2D eigenvalue weighted by atomic mass is 10.2. The summed E-state index contributed by atoms with van der Waals surface area (Å²) in [5.41, 5.74) is 1.15. The Hall–Kier alpha value is -0.480. The molecule has 92 valence electrons. The molecule has 1 heterocycles. The fourth-order valence-corrected chi connectivity index (χ4v) is 2.08. The van der Waals surface area contributed by atoms with Crippen LogP contribution in [0.15, 0.2) is 12.3 Å². The van der Waals surface area contributed by atoms with Gasteiger partial charge in [-0.25, -0.2) is 0 Å². The molecular weight excluding hydrogens is 218 g/mol. The summed E-state index contributed by atoms with van der Waals surface area (Å²) in [7, 11) is 0. The zero-order valence-corrected chi connectivity index (χ0v) is 11.4. The molecular formula is C12H23N3S. The summed E-state index contributed by atoms with van der Waals surface area (Å²) in [6, 6.07) is 2.67. The molecule has 0 radical (unpaired) electrons. The summed E-state index contributed by atoms with van der Waals surface area (Å²) in [5, 5.41) is 7.99. The minimum absolute atomic E-state index is 0.556. The monoisotopic (exact) mass is 241 g/mol. The molecule has 0 atom stereocenters. The number of aromatic nitrogens is 2. The Morgan fingerprint density at radius 3 is 2.81 bits per heavy atom. The molecule has 0 amide bonds. The third-order valence-electron chi connectivity index (χ3n) is 2.77. The van der Waals surface area contributed by atoms with Gasteiger partial charge in [0.15, 0.2) is 0 Å². The molecule has 0 fully saturated rings. The second kappa shape index (κ2) is 7.74. The van der Waals surface area contributed by atoms with Gasteiger partial charge in [0.25, 0.3) is 0 Å². The fourth-order valence-electron chi connectivity index (χ4n) is 1.73. The van der Waals surface area contributed by atoms with Gasteiger partial charge >= 0.3 is 0 Å². The quantitative estimate of drug-likeness (QED) is 0.710. The van der Waals surface area contributed by atoms with Crippen LogP contribution in [0.1, 0.15) is 38.4 Å². The Morgan fingerprint density at radius 1 is 1.44 bits per heavy atom. The van der Waals surface area contributed by atoms with Crippen molar-refractivity contribution in [3.05, 3.63) is 18.0 Å². The maximum Gasteiger partial charge on any atom is 0.0762 e. The topological polar surface area (TPSA) is 29.9 Å². The van der Waals surface area contributed by atoms with E-state index in [1.807, 2.05) is 11.8 Å². The van der Waals surface area contributed by atoms with E-state index in [-0.39, 0.29) is 0 Å². The minimum Gasteiger partial charge on any atom is -0.310 e. The molecule has 1 aromatic heterocycles. The van der Waals surface area contributed by atoms with Gasteiger partial charge in [-0.15, -0.1) is 0 Å². The van der Waals surface area contributed by atoms with Gasteiger partial charge in [0.1, 0.15) is 0 Å². The molecule has 0 aliphatic carbocycles. The first-order valence-corrected chi connectivity index (χ1v) is 7.44. The highest BCUT2D eigenvalue weighted by Crippen LogP contribution is 2.14. The van der Waals surface area contributed by atoms with Crippen molar-refractivity contribution in [1.82, 2.24) is 15.1 Å². The SMILES string of the molecule is CCC(CC)n1ccc(CNCCSC)n1. The van der Waals surface area contributed by atoms with Crippen molar-refractivity contribution in [1.29, 1.82) is 0 Å². The lowest BCUT2D eigenvalue weighted by Gasteiger charge is -2.12. The Bertz CT molecular complexity index is 282. The molecule has 0 saturated heterocycles. The second-order valence-electron chi connectivity index (χ2n) is 3.93. The van der Waals surface area contributed by atoms with E-state index in [4.69, 9.17) is 0 Å². The van der Waals surface area contributed by atoms with E-state index in [1.165, 1.54) is 0 Å². The van der Waals surface area contributed by atoms with Crippen LogP contribution in [0, 0.1) is 0 Å². The van der Waals surface area contributed by atoms with Crippen molar-refractivity contribution in [2.45, 2.75) is 39.3 Å². The van der Waals surface area contributed by atoms with Crippen LogP contribution < -0.4 is 5.32 Å². The Kier molecular flexibility index (Phi) is 6.57. The van der Waals surface area contributed by atoms with Crippen LogP contribution in [0.5, 0.6) is 0 Å². The molecule has 0 spiro atoms. The maximum atomic E-state index is 4.60. The first kappa shape index (κ1) is 13.6. The lowest BCUT2D eigenvalue weighted by molar-refractivity contribution is 0.424. The molecule has 0 unspecified atom stereocenters. The number of nitrogens with zero attached hydrogens (tertiary/aromatic N) is 2. The molecule has 3 nitrogen and oxygen atoms in total. The van der Waals surface area contributed by atoms with Gasteiger partial charge in [-0.2, -0.15) is 16.9 Å². The Labute approximate surface area is 103 Å². The molecule has 0 aliphatic heterocycles. The third kappa shape index (κ3) is 4.18. The number of rotatable bonds is 8. The van der Waals surface area contributed by atoms with E-state index in [0.717, 1.165) is 37.4 Å². The zero-order valence-electron chi connectivity index (χ0n) is 10.6. The third-order valence-corrected chi connectivity index (χ3v) is 3.38. The van der Waals surface area contributed by atoms with Gasteiger partial charge in [-0.05, 0) is 25.2 Å². The van der Waals surface area contributed by atoms with Crippen LogP contribution in [-0.2, 0) is 6.54 Å². The Morgan fingerprint density at radius 2 is 2.19 bits per heavy atom. The maximum absolute atomic E-state index is 4.60. The molecule has 16 heavy (non-hydrogen) atoms. The first-order valence-electron chi connectivity index (χ1n) is 6.05. The van der Waals surface area contributed by atoms with E-state index in [9.17, 15) is 0 Å². The second-order valence-corrected chi connectivity index (χ2v) is 4.91. The Balaban J connectivity index is 2.38. The molecule has 0 saturated carbocycles. The number of thioether (sulfide) groups is 1. The first-order chi connectivity index (χ1) is 7.81. The molecule has 1 aromatic rings. The van der Waals surface area contributed by atoms with Gasteiger partial charge in [0.05, 0.1) is 11.7 Å². The molecule has 4 heteroatoms. The van der Waals surface area contributed by atoms with E-state index >= 15 is 0 Å². The van der Waals surface area contributed by atoms with E-state index in [2.05, 4.69) is 47.5 Å². The lowest BCUT2D eigenvalue weighted by Crippen LogP contribution is -2.17. The van der Waals surface area contributed by atoms with E-state index in [1.54, 1.807) is 0 Å². The molecule has 0 aromatic carbocycles. The van der Waals surface area contributed by atoms with E-state index < -0.39 is 0 Å². The van der Waals surface area contributed by atoms with Crippen molar-refractivity contribution in [2.75, 3.05) is 18.6 Å². The summed E-state index contributed by atoms with van der Waals surface area (Å²) in [6.45, 7) is 6.37. The average molecular weight is 241 g/mol. The highest BCUT2D eigenvalue weighted by molar-refractivity contribution is 7.98. The van der Waals surface area contributed by atoms with Crippen molar-refractivity contribution < 1.29 is 0 Å². The van der Waals surface area contributed by atoms with Crippen molar-refractivity contribution in [2.24, 2.45) is 0 Å². The fraction of sp³-hybridized carbons (Fsp3) is 0.750. The molecule has 1 N–H and O–H groups in total. The minimum atomic E-state index is 0.556. The average Bonchev–Trinajstić information content (AvgIpc) is 2.75. The number of nitrogens with one attached hydrogen (secondary N) is 1. The molecule has 0 bridgehead atoms. The highest BCUT2D eigenvalue weighted by Gasteiger charge is 2.07. The predicted octanol–water partition coefficient (Wildman–Crippen LogP) is 2.70. The predicted molar refractivity (Wildman–Crippen MR) is 71.9 cm³/mol. The normalized spacial score (nSPS) is 11.2. The van der Waals surface area contributed by atoms with Gasteiger partial charge in [-0.3, -0.25) is 4.68 Å². The van der Waals surface area contributed by atoms with Crippen LogP contribution >= 0.6 is 11.8 Å². The van der Waals surface area contributed by atoms with Crippen LogP contribution in [0.2, 0.25) is 0 Å². The summed E-state index contributed by atoms with van der Waals surface area (Å²) in [4.78, 5) is 0. The molecule has 0 aliphatic rings. The van der Waals surface area contributed by atoms with Crippen LogP contribution in [0.25, 0.3) is 0 Å². The highest BCUT2D eigenvalue weighted by atomic mass is 32.2. The number of hydrogen-bond acceptors (Lipinski definition) is 3. The van der Waals surface area contributed by atoms with Crippen molar-refractivity contribution >= 4 is 11.8 Å². The summed E-state index contributed by atoms with van der Waals surface area (Å²) in [6.07, 6.45) is 6.53. The van der Waals surface area contributed by atoms with Crippen LogP contribution in [0.4, 0.5) is 0 Å². The van der Waals surface area contributed by atoms with Gasteiger partial charge < -0.3 is 5.32 Å². The number of hydrogen-bond donors (Lipinski definition) is 1. The standard InChI is InChI=1S/C12H23N3S/c1-4-12(5-2)15-8-6-11(14-15)10-13-7-9-16-3/h6,8,12-13H,4-5,7,9-10H2,1-3H3. The van der Waals surface area contributed by atoms with Gasteiger partial charge in [0.2, 0.25) is 0 Å². The molecule has 1 rings (SSSR count). The summed E-state index contributed by atoms with van der Waals surface area (Å²) >= 11 is 1.87. The van der Waals surface area contributed by atoms with Crippen LogP contribution in [0.3, 0.4) is 0 Å². The van der Waals surface area contributed by atoms with Crippen LogP contribution in [-0.4, -0.2) is 28.3 Å².